The van der Waals surface area contributed by atoms with Crippen molar-refractivity contribution < 1.29 is 20.1 Å². The van der Waals surface area contributed by atoms with Gasteiger partial charge in [0.15, 0.2) is 0 Å². The van der Waals surface area contributed by atoms with Crippen LogP contribution in [0.1, 0.15) is 97.8 Å². The number of rotatable bonds is 15. The molecule has 0 unspecified atom stereocenters. The normalized spacial score (nSPS) is 21.2. The Morgan fingerprint density at radius 3 is 2.50 bits per heavy atom. The SMILES string of the molecule is CCCCC[C@H](O)C=C[C@@H]1C(CCCCCCC(=O)O)=C(CC(C)C)C[C@H]1O. The number of hydrogen-bond donors (Lipinski definition) is 3. The van der Waals surface area contributed by atoms with Crippen molar-refractivity contribution in [2.45, 2.75) is 110 Å². The van der Waals surface area contributed by atoms with Crippen LogP contribution in [0.15, 0.2) is 23.3 Å². The van der Waals surface area contributed by atoms with E-state index in [1.54, 1.807) is 0 Å². The van der Waals surface area contributed by atoms with E-state index in [1.807, 2.05) is 12.2 Å². The minimum atomic E-state index is -0.719. The fraction of sp³-hybridized carbons (Fsp3) is 0.792. The predicted molar refractivity (Wildman–Crippen MR) is 115 cm³/mol. The molecule has 0 aliphatic heterocycles. The number of hydrogen-bond acceptors (Lipinski definition) is 3. The van der Waals surface area contributed by atoms with Crippen LogP contribution >= 0.6 is 0 Å². The maximum atomic E-state index is 10.6. The monoisotopic (exact) mass is 394 g/mol. The molecule has 0 amide bonds. The summed E-state index contributed by atoms with van der Waals surface area (Å²) in [5, 5.41) is 29.6. The van der Waals surface area contributed by atoms with Crippen LogP contribution in [0.25, 0.3) is 0 Å². The molecule has 0 aromatic rings. The molecule has 0 saturated carbocycles. The van der Waals surface area contributed by atoms with Crippen molar-refractivity contribution in [3.8, 4) is 0 Å². The van der Waals surface area contributed by atoms with Gasteiger partial charge in [0.05, 0.1) is 12.2 Å². The molecule has 1 rings (SSSR count). The summed E-state index contributed by atoms with van der Waals surface area (Å²) in [6.07, 6.45) is 13.9. The molecule has 4 heteroatoms. The zero-order valence-corrected chi connectivity index (χ0v) is 18.2. The van der Waals surface area contributed by atoms with E-state index in [4.69, 9.17) is 5.11 Å². The first-order valence-corrected chi connectivity index (χ1v) is 11.3. The topological polar surface area (TPSA) is 77.8 Å². The van der Waals surface area contributed by atoms with Gasteiger partial charge in [-0.3, -0.25) is 4.79 Å². The minimum Gasteiger partial charge on any atom is -0.481 e. The Morgan fingerprint density at radius 1 is 1.14 bits per heavy atom. The second-order valence-corrected chi connectivity index (χ2v) is 8.78. The summed E-state index contributed by atoms with van der Waals surface area (Å²) >= 11 is 0. The van der Waals surface area contributed by atoms with Crippen molar-refractivity contribution >= 4 is 5.97 Å². The molecular formula is C24H42O4. The highest BCUT2D eigenvalue weighted by atomic mass is 16.4. The summed E-state index contributed by atoms with van der Waals surface area (Å²) in [4.78, 5) is 10.6. The highest BCUT2D eigenvalue weighted by Gasteiger charge is 2.31. The first-order valence-electron chi connectivity index (χ1n) is 11.3. The van der Waals surface area contributed by atoms with Crippen molar-refractivity contribution in [2.75, 3.05) is 0 Å². The molecule has 0 spiro atoms. The molecule has 0 heterocycles. The zero-order valence-electron chi connectivity index (χ0n) is 18.2. The Kier molecular flexibility index (Phi) is 12.4. The van der Waals surface area contributed by atoms with Gasteiger partial charge in [-0.05, 0) is 44.4 Å². The van der Waals surface area contributed by atoms with Crippen LogP contribution in [-0.2, 0) is 4.79 Å². The molecule has 28 heavy (non-hydrogen) atoms. The molecule has 4 nitrogen and oxygen atoms in total. The van der Waals surface area contributed by atoms with Crippen LogP contribution in [0.5, 0.6) is 0 Å². The standard InChI is InChI=1S/C24H42O4/c1-4-5-8-11-20(25)14-15-22-21(12-9-6-7-10-13-24(27)28)19(16-18(2)3)17-23(22)26/h14-15,18,20,22-23,25-26H,4-13,16-17H2,1-3H3,(H,27,28)/t20-,22+,23+/m0/s1. The van der Waals surface area contributed by atoms with Gasteiger partial charge in [0.25, 0.3) is 0 Å². The summed E-state index contributed by atoms with van der Waals surface area (Å²) in [5.74, 6) is -0.132. The molecule has 0 radical (unpaired) electrons. The Labute approximate surface area is 171 Å². The largest absolute Gasteiger partial charge is 0.481 e. The van der Waals surface area contributed by atoms with Gasteiger partial charge >= 0.3 is 5.97 Å². The van der Waals surface area contributed by atoms with Gasteiger partial charge in [-0.1, -0.05) is 76.2 Å². The average Bonchev–Trinajstić information content (AvgIpc) is 2.90. The lowest BCUT2D eigenvalue weighted by atomic mass is 9.91. The lowest BCUT2D eigenvalue weighted by Gasteiger charge is -2.17. The van der Waals surface area contributed by atoms with Crippen molar-refractivity contribution in [1.29, 1.82) is 0 Å². The molecule has 0 saturated heterocycles. The Balaban J connectivity index is 2.65. The van der Waals surface area contributed by atoms with Crippen LogP contribution < -0.4 is 0 Å². The van der Waals surface area contributed by atoms with Gasteiger partial charge in [-0.25, -0.2) is 0 Å². The van der Waals surface area contributed by atoms with E-state index in [0.29, 0.717) is 5.92 Å². The van der Waals surface area contributed by atoms with E-state index >= 15 is 0 Å². The van der Waals surface area contributed by atoms with Gasteiger partial charge in [0.1, 0.15) is 0 Å². The number of carbonyl (C=O) groups is 1. The molecule has 0 fully saturated rings. The maximum Gasteiger partial charge on any atom is 0.303 e. The summed E-state index contributed by atoms with van der Waals surface area (Å²) in [6.45, 7) is 6.58. The van der Waals surface area contributed by atoms with Gasteiger partial charge in [-0.2, -0.15) is 0 Å². The highest BCUT2D eigenvalue weighted by Crippen LogP contribution is 2.39. The molecule has 0 aromatic heterocycles. The average molecular weight is 395 g/mol. The number of aliphatic carboxylic acids is 1. The molecule has 0 bridgehead atoms. The first kappa shape index (κ1) is 24.9. The lowest BCUT2D eigenvalue weighted by molar-refractivity contribution is -0.137. The number of aliphatic hydroxyl groups is 2. The van der Waals surface area contributed by atoms with Crippen LogP contribution in [0.4, 0.5) is 0 Å². The van der Waals surface area contributed by atoms with Gasteiger partial charge in [0.2, 0.25) is 0 Å². The van der Waals surface area contributed by atoms with Gasteiger partial charge in [-0.15, -0.1) is 0 Å². The van der Waals surface area contributed by atoms with E-state index < -0.39 is 12.1 Å². The molecule has 1 aliphatic carbocycles. The minimum absolute atomic E-state index is 0.0218. The zero-order chi connectivity index (χ0) is 20.9. The van der Waals surface area contributed by atoms with Crippen molar-refractivity contribution in [3.05, 3.63) is 23.3 Å². The van der Waals surface area contributed by atoms with Crippen molar-refractivity contribution in [2.24, 2.45) is 11.8 Å². The Hall–Kier alpha value is -1.13. The van der Waals surface area contributed by atoms with Gasteiger partial charge in [0, 0.05) is 12.3 Å². The molecular weight excluding hydrogens is 352 g/mol. The van der Waals surface area contributed by atoms with E-state index in [2.05, 4.69) is 20.8 Å². The third-order valence-electron chi connectivity index (χ3n) is 5.61. The number of carboxylic acid groups (broad SMARTS) is 1. The predicted octanol–water partition coefficient (Wildman–Crippen LogP) is 5.63. The maximum absolute atomic E-state index is 10.6. The second-order valence-electron chi connectivity index (χ2n) is 8.78. The van der Waals surface area contributed by atoms with Crippen LogP contribution in [-0.4, -0.2) is 33.5 Å². The summed E-state index contributed by atoms with van der Waals surface area (Å²) in [7, 11) is 0. The number of aliphatic hydroxyl groups excluding tert-OH is 2. The number of carboxylic acids is 1. The smallest absolute Gasteiger partial charge is 0.303 e. The third-order valence-corrected chi connectivity index (χ3v) is 5.61. The van der Waals surface area contributed by atoms with Crippen LogP contribution in [0, 0.1) is 11.8 Å². The van der Waals surface area contributed by atoms with Crippen molar-refractivity contribution in [1.82, 2.24) is 0 Å². The first-order chi connectivity index (χ1) is 13.3. The number of unbranched alkanes of at least 4 members (excludes halogenated alkanes) is 5. The molecule has 3 atom stereocenters. The summed E-state index contributed by atoms with van der Waals surface area (Å²) < 4.78 is 0. The van der Waals surface area contributed by atoms with Crippen LogP contribution in [0.3, 0.4) is 0 Å². The highest BCUT2D eigenvalue weighted by molar-refractivity contribution is 5.66. The fourth-order valence-electron chi connectivity index (χ4n) is 4.17. The van der Waals surface area contributed by atoms with E-state index in [9.17, 15) is 15.0 Å². The quantitative estimate of drug-likeness (QED) is 0.248. The Morgan fingerprint density at radius 2 is 1.86 bits per heavy atom. The molecule has 162 valence electrons. The van der Waals surface area contributed by atoms with E-state index in [0.717, 1.165) is 70.6 Å². The fourth-order valence-corrected chi connectivity index (χ4v) is 4.17. The third kappa shape index (κ3) is 9.88. The van der Waals surface area contributed by atoms with Crippen molar-refractivity contribution in [3.63, 3.8) is 0 Å². The van der Waals surface area contributed by atoms with E-state index in [1.165, 1.54) is 11.1 Å². The Bertz CT molecular complexity index is 507. The molecule has 1 aliphatic rings. The van der Waals surface area contributed by atoms with Crippen LogP contribution in [0.2, 0.25) is 0 Å². The molecule has 0 aromatic carbocycles. The summed E-state index contributed by atoms with van der Waals surface area (Å²) in [5.41, 5.74) is 2.75. The van der Waals surface area contributed by atoms with E-state index in [-0.39, 0.29) is 18.4 Å². The molecule has 3 N–H and O–H groups in total. The lowest BCUT2D eigenvalue weighted by Crippen LogP contribution is -2.15. The second kappa shape index (κ2) is 13.9. The van der Waals surface area contributed by atoms with Gasteiger partial charge < -0.3 is 15.3 Å². The summed E-state index contributed by atoms with van der Waals surface area (Å²) in [6, 6.07) is 0.